The Morgan fingerprint density at radius 2 is 1.94 bits per heavy atom. The summed E-state index contributed by atoms with van der Waals surface area (Å²) in [6.07, 6.45) is 10.7. The van der Waals surface area contributed by atoms with Crippen molar-refractivity contribution < 1.29 is 0 Å². The molecule has 3 heteroatoms. The zero-order chi connectivity index (χ0) is 13.0. The van der Waals surface area contributed by atoms with Crippen LogP contribution in [-0.4, -0.2) is 36.2 Å². The van der Waals surface area contributed by atoms with Gasteiger partial charge in [0.25, 0.3) is 0 Å². The van der Waals surface area contributed by atoms with Crippen LogP contribution in [0.1, 0.15) is 52.4 Å². The Hall–Kier alpha value is 0.270. The molecule has 2 fully saturated rings. The smallest absolute Gasteiger partial charge is 0.0225 e. The van der Waals surface area contributed by atoms with Gasteiger partial charge in [-0.25, -0.2) is 0 Å². The van der Waals surface area contributed by atoms with Gasteiger partial charge in [0.1, 0.15) is 0 Å². The highest BCUT2D eigenvalue weighted by Gasteiger charge is 2.33. The molecule has 1 saturated heterocycles. The molecule has 0 aromatic heterocycles. The van der Waals surface area contributed by atoms with Crippen LogP contribution < -0.4 is 10.6 Å². The molecule has 0 aromatic carbocycles. The Morgan fingerprint density at radius 3 is 2.61 bits per heavy atom. The summed E-state index contributed by atoms with van der Waals surface area (Å²) in [5.41, 5.74) is 0. The molecule has 106 valence electrons. The summed E-state index contributed by atoms with van der Waals surface area (Å²) in [6.45, 7) is 7.07. The van der Waals surface area contributed by atoms with E-state index in [0.717, 1.165) is 24.5 Å². The van der Waals surface area contributed by atoms with Crippen molar-refractivity contribution in [3.8, 4) is 0 Å². The Kier molecular flexibility index (Phi) is 5.40. The fraction of sp³-hybridized carbons (Fsp3) is 1.00. The first-order valence-corrected chi connectivity index (χ1v) is 8.87. The lowest BCUT2D eigenvalue weighted by atomic mass is 9.79. The van der Waals surface area contributed by atoms with Crippen LogP contribution in [0.25, 0.3) is 0 Å². The second-order valence-corrected chi connectivity index (χ2v) is 8.12. The number of hydrogen-bond acceptors (Lipinski definition) is 3. The number of hydrogen-bond donors (Lipinski definition) is 2. The number of thioether (sulfide) groups is 1. The van der Waals surface area contributed by atoms with E-state index in [0.29, 0.717) is 4.75 Å². The first kappa shape index (κ1) is 14.7. The maximum Gasteiger partial charge on any atom is 0.0225 e. The Bertz CT molecular complexity index is 249. The summed E-state index contributed by atoms with van der Waals surface area (Å²) < 4.78 is 0.366. The zero-order valence-electron chi connectivity index (χ0n) is 12.3. The molecule has 18 heavy (non-hydrogen) atoms. The van der Waals surface area contributed by atoms with E-state index in [-0.39, 0.29) is 0 Å². The van der Waals surface area contributed by atoms with Gasteiger partial charge in [-0.3, -0.25) is 0 Å². The van der Waals surface area contributed by atoms with Crippen LogP contribution in [0.2, 0.25) is 0 Å². The standard InChI is InChI=1S/C15H30N2S/c1-15(2,18-3)11-17-14-8-5-4-7-12(14)13-9-6-10-16-13/h12-14,16-17H,4-11H2,1-3H3. The van der Waals surface area contributed by atoms with E-state index in [1.165, 1.54) is 45.1 Å². The highest BCUT2D eigenvalue weighted by molar-refractivity contribution is 7.99. The molecule has 2 N–H and O–H groups in total. The first-order valence-electron chi connectivity index (χ1n) is 7.64. The molecular formula is C15H30N2S. The monoisotopic (exact) mass is 270 g/mol. The van der Waals surface area contributed by atoms with Crippen molar-refractivity contribution in [2.75, 3.05) is 19.3 Å². The molecule has 0 bridgehead atoms. The van der Waals surface area contributed by atoms with Gasteiger partial charge in [-0.15, -0.1) is 0 Å². The second-order valence-electron chi connectivity index (χ2n) is 6.60. The van der Waals surface area contributed by atoms with Crippen LogP contribution in [0.4, 0.5) is 0 Å². The Labute approximate surface area is 117 Å². The van der Waals surface area contributed by atoms with Gasteiger partial charge < -0.3 is 10.6 Å². The Morgan fingerprint density at radius 1 is 1.17 bits per heavy atom. The fourth-order valence-corrected chi connectivity index (χ4v) is 3.65. The van der Waals surface area contributed by atoms with E-state index in [4.69, 9.17) is 0 Å². The van der Waals surface area contributed by atoms with Crippen LogP contribution in [0, 0.1) is 5.92 Å². The highest BCUT2D eigenvalue weighted by atomic mass is 32.2. The minimum atomic E-state index is 0.366. The first-order chi connectivity index (χ1) is 8.62. The molecule has 1 aliphatic carbocycles. The van der Waals surface area contributed by atoms with Crippen LogP contribution in [0.15, 0.2) is 0 Å². The number of rotatable bonds is 5. The summed E-state index contributed by atoms with van der Waals surface area (Å²) in [5.74, 6) is 0.874. The van der Waals surface area contributed by atoms with E-state index >= 15 is 0 Å². The molecule has 0 amide bonds. The average Bonchev–Trinajstić information content (AvgIpc) is 2.91. The molecule has 0 spiro atoms. The van der Waals surface area contributed by atoms with E-state index in [1.54, 1.807) is 0 Å². The van der Waals surface area contributed by atoms with Crippen molar-refractivity contribution in [1.82, 2.24) is 10.6 Å². The largest absolute Gasteiger partial charge is 0.314 e. The third-order valence-corrected chi connectivity index (χ3v) is 6.03. The lowest BCUT2D eigenvalue weighted by Gasteiger charge is -2.38. The minimum absolute atomic E-state index is 0.366. The van der Waals surface area contributed by atoms with E-state index < -0.39 is 0 Å². The van der Waals surface area contributed by atoms with E-state index in [9.17, 15) is 0 Å². The van der Waals surface area contributed by atoms with Crippen molar-refractivity contribution in [2.24, 2.45) is 5.92 Å². The highest BCUT2D eigenvalue weighted by Crippen LogP contribution is 2.31. The van der Waals surface area contributed by atoms with Crippen molar-refractivity contribution in [2.45, 2.75) is 69.2 Å². The van der Waals surface area contributed by atoms with Crippen molar-refractivity contribution >= 4 is 11.8 Å². The molecule has 1 saturated carbocycles. The summed E-state index contributed by atoms with van der Waals surface area (Å²) in [5, 5.41) is 7.60. The van der Waals surface area contributed by atoms with E-state index in [2.05, 4.69) is 30.7 Å². The molecule has 1 heterocycles. The minimum Gasteiger partial charge on any atom is -0.314 e. The van der Waals surface area contributed by atoms with Gasteiger partial charge in [-0.05, 0) is 58.2 Å². The van der Waals surface area contributed by atoms with Gasteiger partial charge in [0.05, 0.1) is 0 Å². The average molecular weight is 270 g/mol. The maximum atomic E-state index is 3.88. The third-order valence-electron chi connectivity index (χ3n) is 4.78. The summed E-state index contributed by atoms with van der Waals surface area (Å²) in [4.78, 5) is 0. The lowest BCUT2D eigenvalue weighted by Crippen LogP contribution is -2.49. The molecule has 3 atom stereocenters. The molecule has 2 rings (SSSR count). The van der Waals surface area contributed by atoms with Gasteiger partial charge in [0.15, 0.2) is 0 Å². The summed E-state index contributed by atoms with van der Waals surface area (Å²) in [6, 6.07) is 1.54. The van der Waals surface area contributed by atoms with Gasteiger partial charge in [-0.2, -0.15) is 11.8 Å². The van der Waals surface area contributed by atoms with Crippen LogP contribution >= 0.6 is 11.8 Å². The van der Waals surface area contributed by atoms with Crippen LogP contribution in [0.5, 0.6) is 0 Å². The van der Waals surface area contributed by atoms with Crippen LogP contribution in [0.3, 0.4) is 0 Å². The van der Waals surface area contributed by atoms with Crippen molar-refractivity contribution in [3.63, 3.8) is 0 Å². The molecule has 1 aliphatic heterocycles. The van der Waals surface area contributed by atoms with Gasteiger partial charge in [0.2, 0.25) is 0 Å². The van der Waals surface area contributed by atoms with Crippen LogP contribution in [-0.2, 0) is 0 Å². The fourth-order valence-electron chi connectivity index (χ4n) is 3.42. The molecule has 0 aromatic rings. The second kappa shape index (κ2) is 6.62. The normalized spacial score (nSPS) is 33.8. The molecule has 3 unspecified atom stereocenters. The number of nitrogens with one attached hydrogen (secondary N) is 2. The predicted octanol–water partition coefficient (Wildman–Crippen LogP) is 3.03. The van der Waals surface area contributed by atoms with Gasteiger partial charge in [0, 0.05) is 23.4 Å². The van der Waals surface area contributed by atoms with E-state index in [1.807, 2.05) is 11.8 Å². The van der Waals surface area contributed by atoms with Gasteiger partial charge >= 0.3 is 0 Å². The molecular weight excluding hydrogens is 240 g/mol. The van der Waals surface area contributed by atoms with Crippen molar-refractivity contribution in [1.29, 1.82) is 0 Å². The molecule has 2 aliphatic rings. The third kappa shape index (κ3) is 3.88. The quantitative estimate of drug-likeness (QED) is 0.803. The molecule has 0 radical (unpaired) electrons. The predicted molar refractivity (Wildman–Crippen MR) is 82.4 cm³/mol. The Balaban J connectivity index is 1.87. The zero-order valence-corrected chi connectivity index (χ0v) is 13.1. The van der Waals surface area contributed by atoms with Crippen molar-refractivity contribution in [3.05, 3.63) is 0 Å². The molecule has 2 nitrogen and oxygen atoms in total. The topological polar surface area (TPSA) is 24.1 Å². The maximum absolute atomic E-state index is 3.88. The summed E-state index contributed by atoms with van der Waals surface area (Å²) >= 11 is 1.97. The SMILES string of the molecule is CSC(C)(C)CNC1CCCCC1C1CCCN1. The van der Waals surface area contributed by atoms with Gasteiger partial charge in [-0.1, -0.05) is 12.8 Å². The lowest BCUT2D eigenvalue weighted by molar-refractivity contribution is 0.212. The summed E-state index contributed by atoms with van der Waals surface area (Å²) in [7, 11) is 0.